The van der Waals surface area contributed by atoms with Gasteiger partial charge in [0.2, 0.25) is 0 Å². The lowest BCUT2D eigenvalue weighted by atomic mass is 9.91. The van der Waals surface area contributed by atoms with Crippen LogP contribution in [-0.2, 0) is 9.16 Å². The van der Waals surface area contributed by atoms with Gasteiger partial charge in [0.05, 0.1) is 6.04 Å². The number of hydrogen-bond donors (Lipinski definition) is 1. The summed E-state index contributed by atoms with van der Waals surface area (Å²) in [5.74, 6) is 0. The number of benzene rings is 2. The smallest absolute Gasteiger partial charge is 0.407 e. The molecule has 0 unspecified atom stereocenters. The molecule has 6 heteroatoms. The predicted molar refractivity (Wildman–Crippen MR) is 134 cm³/mol. The van der Waals surface area contributed by atoms with E-state index in [9.17, 15) is 4.79 Å². The molecule has 3 rings (SSSR count). The van der Waals surface area contributed by atoms with Crippen LogP contribution in [0, 0.1) is 0 Å². The summed E-state index contributed by atoms with van der Waals surface area (Å²) in [4.78, 5) is 12.2. The van der Waals surface area contributed by atoms with Crippen molar-refractivity contribution in [2.24, 2.45) is 0 Å². The molecule has 1 saturated carbocycles. The van der Waals surface area contributed by atoms with Gasteiger partial charge < -0.3 is 14.5 Å². The minimum Gasteiger partial charge on any atom is -0.444 e. The van der Waals surface area contributed by atoms with Gasteiger partial charge in [0.15, 0.2) is 0 Å². The van der Waals surface area contributed by atoms with E-state index in [0.717, 1.165) is 0 Å². The molecule has 1 aliphatic rings. The summed E-state index contributed by atoms with van der Waals surface area (Å²) in [6.45, 7) is 12.1. The zero-order valence-corrected chi connectivity index (χ0v) is 21.7. The highest BCUT2D eigenvalue weighted by molar-refractivity contribution is 6.99. The lowest BCUT2D eigenvalue weighted by Gasteiger charge is -2.46. The van der Waals surface area contributed by atoms with Crippen LogP contribution in [0.4, 0.5) is 9.18 Å². The van der Waals surface area contributed by atoms with Crippen molar-refractivity contribution in [2.45, 2.75) is 89.8 Å². The minimum atomic E-state index is -2.73. The quantitative estimate of drug-likeness (QED) is 0.598. The number of halogens is 1. The fourth-order valence-corrected chi connectivity index (χ4v) is 9.48. The van der Waals surface area contributed by atoms with Gasteiger partial charge in [-0.3, -0.25) is 0 Å². The van der Waals surface area contributed by atoms with Crippen molar-refractivity contribution in [2.75, 3.05) is 0 Å². The van der Waals surface area contributed by atoms with Crippen LogP contribution in [-0.4, -0.2) is 38.3 Å². The van der Waals surface area contributed by atoms with E-state index in [2.05, 4.69) is 74.6 Å². The second-order valence-corrected chi connectivity index (χ2v) is 15.2. The summed E-state index contributed by atoms with van der Waals surface area (Å²) < 4.78 is 27.6. The molecular formula is C27H38FNO3Si. The number of alkyl halides is 1. The third-order valence-corrected chi connectivity index (χ3v) is 11.3. The number of hydrogen-bond acceptors (Lipinski definition) is 3. The maximum Gasteiger partial charge on any atom is 0.407 e. The van der Waals surface area contributed by atoms with E-state index >= 15 is 4.39 Å². The van der Waals surface area contributed by atoms with E-state index in [1.165, 1.54) is 10.4 Å². The molecule has 1 aliphatic carbocycles. The normalized spacial score (nSPS) is 22.0. The van der Waals surface area contributed by atoms with E-state index in [-0.39, 0.29) is 17.6 Å². The average Bonchev–Trinajstić information content (AvgIpc) is 2.73. The van der Waals surface area contributed by atoms with Crippen molar-refractivity contribution in [3.05, 3.63) is 60.7 Å². The Bertz CT molecular complexity index is 869. The molecule has 1 amide bonds. The van der Waals surface area contributed by atoms with E-state index in [1.54, 1.807) is 20.8 Å². The second-order valence-electron chi connectivity index (χ2n) is 11.0. The summed E-state index contributed by atoms with van der Waals surface area (Å²) in [6, 6.07) is 20.3. The first-order valence-electron chi connectivity index (χ1n) is 11.8. The van der Waals surface area contributed by atoms with Crippen molar-refractivity contribution in [3.8, 4) is 0 Å². The number of rotatable bonds is 5. The van der Waals surface area contributed by atoms with Crippen molar-refractivity contribution in [1.29, 1.82) is 0 Å². The van der Waals surface area contributed by atoms with Crippen molar-refractivity contribution >= 4 is 24.8 Å². The fraction of sp³-hybridized carbons (Fsp3) is 0.519. The Morgan fingerprint density at radius 3 is 1.85 bits per heavy atom. The highest BCUT2D eigenvalue weighted by Gasteiger charge is 2.52. The Morgan fingerprint density at radius 1 is 0.909 bits per heavy atom. The van der Waals surface area contributed by atoms with Crippen LogP contribution in [0.5, 0.6) is 0 Å². The summed E-state index contributed by atoms with van der Waals surface area (Å²) >= 11 is 0. The Kier molecular flexibility index (Phi) is 7.69. The number of nitrogens with one attached hydrogen (secondary N) is 1. The molecule has 0 aromatic heterocycles. The van der Waals surface area contributed by atoms with Crippen LogP contribution < -0.4 is 15.7 Å². The number of alkyl carbamates (subject to hydrolysis) is 1. The fourth-order valence-electron chi connectivity index (χ4n) is 4.75. The van der Waals surface area contributed by atoms with Gasteiger partial charge in [0.25, 0.3) is 8.32 Å². The molecule has 3 atom stereocenters. The molecule has 0 radical (unpaired) electrons. The zero-order chi connectivity index (χ0) is 24.3. The van der Waals surface area contributed by atoms with Crippen molar-refractivity contribution in [3.63, 3.8) is 0 Å². The molecule has 0 spiro atoms. The van der Waals surface area contributed by atoms with Gasteiger partial charge in [-0.1, -0.05) is 81.4 Å². The standard InChI is InChI=1S/C27H38FNO3Si/c1-26(2,3)31-25(30)29-24-18-17-20(19-23(24)28)32-33(27(4,5)6,21-13-9-7-10-14-21)22-15-11-8-12-16-22/h7-16,20,23-24H,17-19H2,1-6H3,(H,29,30)/t20-,23+,24-/m0/s1. The molecule has 2 aromatic rings. The highest BCUT2D eigenvalue weighted by Crippen LogP contribution is 2.39. The third-order valence-electron chi connectivity index (χ3n) is 6.19. The molecule has 0 aliphatic heterocycles. The molecule has 0 bridgehead atoms. The second kappa shape index (κ2) is 9.98. The van der Waals surface area contributed by atoms with Crippen LogP contribution in [0.3, 0.4) is 0 Å². The Balaban J connectivity index is 1.85. The molecule has 2 aromatic carbocycles. The van der Waals surface area contributed by atoms with Gasteiger partial charge in [-0.25, -0.2) is 9.18 Å². The molecular weight excluding hydrogens is 433 g/mol. The summed E-state index contributed by atoms with van der Waals surface area (Å²) in [7, 11) is -2.73. The highest BCUT2D eigenvalue weighted by atomic mass is 28.4. The summed E-state index contributed by atoms with van der Waals surface area (Å²) in [6.07, 6.45) is -0.515. The lowest BCUT2D eigenvalue weighted by molar-refractivity contribution is 0.0353. The molecule has 33 heavy (non-hydrogen) atoms. The van der Waals surface area contributed by atoms with E-state index < -0.39 is 32.2 Å². The topological polar surface area (TPSA) is 47.6 Å². The molecule has 0 saturated heterocycles. The minimum absolute atomic E-state index is 0.160. The molecule has 180 valence electrons. The summed E-state index contributed by atoms with van der Waals surface area (Å²) in [5, 5.41) is 4.94. The van der Waals surface area contributed by atoms with Gasteiger partial charge in [-0.15, -0.1) is 0 Å². The predicted octanol–water partition coefficient (Wildman–Crippen LogP) is 5.35. The van der Waals surface area contributed by atoms with Gasteiger partial charge in [-0.2, -0.15) is 0 Å². The first-order valence-corrected chi connectivity index (χ1v) is 13.8. The van der Waals surface area contributed by atoms with Gasteiger partial charge >= 0.3 is 6.09 Å². The SMILES string of the molecule is CC(C)(C)OC(=O)N[C@H]1CC[C@H](O[Si](c2ccccc2)(c2ccccc2)C(C)(C)C)C[C@H]1F. The summed E-state index contributed by atoms with van der Waals surface area (Å²) in [5.41, 5.74) is -0.612. The van der Waals surface area contributed by atoms with Crippen LogP contribution in [0.25, 0.3) is 0 Å². The van der Waals surface area contributed by atoms with Crippen molar-refractivity contribution in [1.82, 2.24) is 5.32 Å². The largest absolute Gasteiger partial charge is 0.444 e. The van der Waals surface area contributed by atoms with Crippen LogP contribution in [0.1, 0.15) is 60.8 Å². The monoisotopic (exact) mass is 471 g/mol. The molecule has 0 heterocycles. The van der Waals surface area contributed by atoms with E-state index in [0.29, 0.717) is 12.8 Å². The van der Waals surface area contributed by atoms with Crippen LogP contribution in [0.15, 0.2) is 60.7 Å². The van der Waals surface area contributed by atoms with Crippen LogP contribution >= 0.6 is 0 Å². The molecule has 1 N–H and O–H groups in total. The maximum atomic E-state index is 15.2. The Morgan fingerprint density at radius 2 is 1.42 bits per heavy atom. The third kappa shape index (κ3) is 6.04. The average molecular weight is 472 g/mol. The Hall–Kier alpha value is -2.18. The molecule has 1 fully saturated rings. The number of amides is 1. The van der Waals surface area contributed by atoms with E-state index in [1.807, 2.05) is 12.1 Å². The number of carbonyl (C=O) groups is 1. The van der Waals surface area contributed by atoms with Gasteiger partial charge in [0.1, 0.15) is 11.8 Å². The first kappa shape index (κ1) is 25.4. The lowest BCUT2D eigenvalue weighted by Crippen LogP contribution is -2.68. The first-order chi connectivity index (χ1) is 15.4. The van der Waals surface area contributed by atoms with E-state index in [4.69, 9.17) is 9.16 Å². The Labute approximate surface area is 199 Å². The van der Waals surface area contributed by atoms with Gasteiger partial charge in [0, 0.05) is 12.5 Å². The maximum absolute atomic E-state index is 15.2. The zero-order valence-electron chi connectivity index (χ0n) is 20.7. The number of carbonyl (C=O) groups excluding carboxylic acids is 1. The van der Waals surface area contributed by atoms with Crippen molar-refractivity contribution < 1.29 is 18.3 Å². The number of ether oxygens (including phenoxy) is 1. The van der Waals surface area contributed by atoms with Gasteiger partial charge in [-0.05, 0) is 49.0 Å². The van der Waals surface area contributed by atoms with Crippen LogP contribution in [0.2, 0.25) is 5.04 Å². The molecule has 4 nitrogen and oxygen atoms in total.